The van der Waals surface area contributed by atoms with Crippen molar-refractivity contribution in [1.29, 1.82) is 0 Å². The van der Waals surface area contributed by atoms with Crippen molar-refractivity contribution < 1.29 is 9.90 Å². The van der Waals surface area contributed by atoms with Crippen LogP contribution in [0.5, 0.6) is 0 Å². The molecule has 0 aromatic rings. The van der Waals surface area contributed by atoms with E-state index in [1.807, 2.05) is 0 Å². The van der Waals surface area contributed by atoms with Gasteiger partial charge in [-0.15, -0.1) is 0 Å². The lowest BCUT2D eigenvalue weighted by molar-refractivity contribution is -0.118. The molecule has 0 fully saturated rings. The van der Waals surface area contributed by atoms with Crippen molar-refractivity contribution in [2.45, 2.75) is 32.7 Å². The van der Waals surface area contributed by atoms with Gasteiger partial charge in [-0.05, 0) is 19.8 Å². The Morgan fingerprint density at radius 3 is 2.69 bits per heavy atom. The molecule has 78 valence electrons. The van der Waals surface area contributed by atoms with E-state index in [1.165, 1.54) is 6.92 Å². The zero-order valence-electron chi connectivity index (χ0n) is 8.47. The van der Waals surface area contributed by atoms with Gasteiger partial charge in [0.1, 0.15) is 0 Å². The molecule has 1 amide bonds. The monoisotopic (exact) mass is 188 g/mol. The SMILES string of the molecule is CC(=O)NCCNC(C)CCCO. The molecule has 0 bridgehead atoms. The van der Waals surface area contributed by atoms with E-state index in [2.05, 4.69) is 17.6 Å². The summed E-state index contributed by atoms with van der Waals surface area (Å²) in [5.41, 5.74) is 0. The van der Waals surface area contributed by atoms with Gasteiger partial charge in [0, 0.05) is 32.7 Å². The fraction of sp³-hybridized carbons (Fsp3) is 0.889. The average Bonchev–Trinajstić information content (AvgIpc) is 2.08. The van der Waals surface area contributed by atoms with Crippen LogP contribution < -0.4 is 10.6 Å². The molecular weight excluding hydrogens is 168 g/mol. The van der Waals surface area contributed by atoms with E-state index in [9.17, 15) is 4.79 Å². The van der Waals surface area contributed by atoms with Gasteiger partial charge < -0.3 is 15.7 Å². The van der Waals surface area contributed by atoms with E-state index >= 15 is 0 Å². The molecule has 0 aliphatic heterocycles. The molecule has 0 aliphatic carbocycles. The van der Waals surface area contributed by atoms with Crippen LogP contribution in [0.15, 0.2) is 0 Å². The topological polar surface area (TPSA) is 61.4 Å². The number of rotatable bonds is 7. The zero-order valence-corrected chi connectivity index (χ0v) is 8.47. The lowest BCUT2D eigenvalue weighted by Crippen LogP contribution is -2.34. The molecule has 0 aromatic heterocycles. The van der Waals surface area contributed by atoms with Crippen LogP contribution in [-0.4, -0.2) is 36.8 Å². The van der Waals surface area contributed by atoms with Crippen LogP contribution in [0, 0.1) is 0 Å². The summed E-state index contributed by atoms with van der Waals surface area (Å²) in [5, 5.41) is 14.5. The molecule has 0 spiro atoms. The second kappa shape index (κ2) is 8.01. The van der Waals surface area contributed by atoms with Gasteiger partial charge >= 0.3 is 0 Å². The van der Waals surface area contributed by atoms with E-state index in [1.54, 1.807) is 0 Å². The van der Waals surface area contributed by atoms with E-state index in [4.69, 9.17) is 5.11 Å². The first kappa shape index (κ1) is 12.4. The number of hydrogen-bond donors (Lipinski definition) is 3. The third kappa shape index (κ3) is 9.30. The highest BCUT2D eigenvalue weighted by molar-refractivity contribution is 5.72. The molecular formula is C9H20N2O2. The second-order valence-electron chi connectivity index (χ2n) is 3.20. The number of hydrogen-bond acceptors (Lipinski definition) is 3. The highest BCUT2D eigenvalue weighted by atomic mass is 16.2. The summed E-state index contributed by atoms with van der Waals surface area (Å²) in [6, 6.07) is 0.404. The van der Waals surface area contributed by atoms with Crippen molar-refractivity contribution in [3.8, 4) is 0 Å². The summed E-state index contributed by atoms with van der Waals surface area (Å²) in [7, 11) is 0. The van der Waals surface area contributed by atoms with E-state index in [-0.39, 0.29) is 12.5 Å². The van der Waals surface area contributed by atoms with Crippen molar-refractivity contribution in [1.82, 2.24) is 10.6 Å². The quantitative estimate of drug-likeness (QED) is 0.488. The molecule has 0 saturated heterocycles. The number of aliphatic hydroxyl groups is 1. The van der Waals surface area contributed by atoms with Gasteiger partial charge in [0.25, 0.3) is 0 Å². The summed E-state index contributed by atoms with van der Waals surface area (Å²) in [6.07, 6.45) is 1.80. The minimum Gasteiger partial charge on any atom is -0.396 e. The van der Waals surface area contributed by atoms with E-state index in [0.717, 1.165) is 19.4 Å². The first-order valence-corrected chi connectivity index (χ1v) is 4.75. The number of carbonyl (C=O) groups is 1. The Kier molecular flexibility index (Phi) is 7.63. The Morgan fingerprint density at radius 2 is 2.15 bits per heavy atom. The first-order chi connectivity index (χ1) is 6.16. The normalized spacial score (nSPS) is 12.5. The fourth-order valence-corrected chi connectivity index (χ4v) is 1.06. The highest BCUT2D eigenvalue weighted by Crippen LogP contribution is 1.93. The Balaban J connectivity index is 3.16. The molecule has 0 radical (unpaired) electrons. The number of carbonyl (C=O) groups excluding carboxylic acids is 1. The maximum Gasteiger partial charge on any atom is 0.216 e. The van der Waals surface area contributed by atoms with Crippen molar-refractivity contribution in [2.75, 3.05) is 19.7 Å². The van der Waals surface area contributed by atoms with E-state index in [0.29, 0.717) is 12.6 Å². The molecule has 0 heterocycles. The molecule has 4 nitrogen and oxygen atoms in total. The van der Waals surface area contributed by atoms with Gasteiger partial charge in [0.05, 0.1) is 0 Å². The Bertz CT molecular complexity index is 140. The van der Waals surface area contributed by atoms with Crippen LogP contribution in [0.25, 0.3) is 0 Å². The van der Waals surface area contributed by atoms with Gasteiger partial charge in [-0.25, -0.2) is 0 Å². The molecule has 1 atom stereocenters. The third-order valence-corrected chi connectivity index (χ3v) is 1.79. The predicted molar refractivity (Wildman–Crippen MR) is 52.5 cm³/mol. The van der Waals surface area contributed by atoms with Crippen molar-refractivity contribution in [3.63, 3.8) is 0 Å². The Morgan fingerprint density at radius 1 is 1.46 bits per heavy atom. The van der Waals surface area contributed by atoms with Crippen LogP contribution in [0.2, 0.25) is 0 Å². The van der Waals surface area contributed by atoms with Gasteiger partial charge in [-0.1, -0.05) is 0 Å². The van der Waals surface area contributed by atoms with Crippen molar-refractivity contribution >= 4 is 5.91 Å². The molecule has 0 aliphatic rings. The minimum atomic E-state index is 0.00445. The molecule has 4 heteroatoms. The maximum absolute atomic E-state index is 10.5. The molecule has 0 aromatic carbocycles. The number of aliphatic hydroxyl groups excluding tert-OH is 1. The lowest BCUT2D eigenvalue weighted by Gasteiger charge is -2.12. The summed E-state index contributed by atoms with van der Waals surface area (Å²) < 4.78 is 0. The Labute approximate surface area is 79.7 Å². The fourth-order valence-electron chi connectivity index (χ4n) is 1.06. The predicted octanol–water partition coefficient (Wildman–Crippen LogP) is -0.127. The van der Waals surface area contributed by atoms with Crippen molar-refractivity contribution in [2.24, 2.45) is 0 Å². The largest absolute Gasteiger partial charge is 0.396 e. The van der Waals surface area contributed by atoms with Gasteiger partial charge in [-0.3, -0.25) is 4.79 Å². The van der Waals surface area contributed by atoms with Gasteiger partial charge in [0.15, 0.2) is 0 Å². The minimum absolute atomic E-state index is 0.00445. The summed E-state index contributed by atoms with van der Waals surface area (Å²) in [4.78, 5) is 10.5. The average molecular weight is 188 g/mol. The number of amides is 1. The standard InChI is InChI=1S/C9H20N2O2/c1-8(4-3-7-12)10-5-6-11-9(2)13/h8,10,12H,3-7H2,1-2H3,(H,11,13). The van der Waals surface area contributed by atoms with Crippen LogP contribution in [0.3, 0.4) is 0 Å². The zero-order chi connectivity index (χ0) is 10.1. The molecule has 3 N–H and O–H groups in total. The highest BCUT2D eigenvalue weighted by Gasteiger charge is 1.99. The smallest absolute Gasteiger partial charge is 0.216 e. The van der Waals surface area contributed by atoms with E-state index < -0.39 is 0 Å². The van der Waals surface area contributed by atoms with Crippen LogP contribution in [-0.2, 0) is 4.79 Å². The van der Waals surface area contributed by atoms with Crippen LogP contribution >= 0.6 is 0 Å². The molecule has 13 heavy (non-hydrogen) atoms. The third-order valence-electron chi connectivity index (χ3n) is 1.79. The first-order valence-electron chi connectivity index (χ1n) is 4.75. The summed E-state index contributed by atoms with van der Waals surface area (Å²) in [5.74, 6) is 0.00445. The van der Waals surface area contributed by atoms with Crippen LogP contribution in [0.4, 0.5) is 0 Å². The molecule has 0 rings (SSSR count). The molecule has 0 saturated carbocycles. The maximum atomic E-state index is 10.5. The van der Waals surface area contributed by atoms with Gasteiger partial charge in [0.2, 0.25) is 5.91 Å². The summed E-state index contributed by atoms with van der Waals surface area (Å²) in [6.45, 7) is 5.28. The Hall–Kier alpha value is -0.610. The van der Waals surface area contributed by atoms with Gasteiger partial charge in [-0.2, -0.15) is 0 Å². The molecule has 1 unspecified atom stereocenters. The second-order valence-corrected chi connectivity index (χ2v) is 3.20. The summed E-state index contributed by atoms with van der Waals surface area (Å²) >= 11 is 0. The van der Waals surface area contributed by atoms with Crippen molar-refractivity contribution in [3.05, 3.63) is 0 Å². The number of nitrogens with one attached hydrogen (secondary N) is 2. The lowest BCUT2D eigenvalue weighted by atomic mass is 10.2. The van der Waals surface area contributed by atoms with Crippen LogP contribution in [0.1, 0.15) is 26.7 Å².